The Morgan fingerprint density at radius 1 is 1.38 bits per heavy atom. The maximum atomic E-state index is 6.46. The molecule has 1 aromatic heterocycles. The van der Waals surface area contributed by atoms with E-state index < -0.39 is 0 Å². The van der Waals surface area contributed by atoms with E-state index in [0.717, 1.165) is 36.1 Å². The highest BCUT2D eigenvalue weighted by atomic mass is 35.5. The third kappa shape index (κ3) is 4.01. The van der Waals surface area contributed by atoms with Gasteiger partial charge in [0.15, 0.2) is 0 Å². The van der Waals surface area contributed by atoms with Crippen LogP contribution in [0.2, 0.25) is 5.02 Å². The van der Waals surface area contributed by atoms with E-state index in [1.165, 1.54) is 25.0 Å². The Hall–Kier alpha value is -0.540. The molecule has 0 radical (unpaired) electrons. The minimum Gasteiger partial charge on any atom is -0.317 e. The number of nitrogens with zero attached hydrogens (tertiary/aromatic N) is 2. The molecule has 1 saturated carbocycles. The molecule has 1 N–H and O–H groups in total. The monoisotopic (exact) mass is 311 g/mol. The lowest BCUT2D eigenvalue weighted by atomic mass is 9.66. The van der Waals surface area contributed by atoms with Crippen LogP contribution in [0.4, 0.5) is 0 Å². The number of hydrogen-bond acceptors (Lipinski definition) is 2. The minimum absolute atomic E-state index is 0.452. The number of halogens is 1. The van der Waals surface area contributed by atoms with Gasteiger partial charge in [-0.25, -0.2) is 0 Å². The van der Waals surface area contributed by atoms with Gasteiger partial charge < -0.3 is 5.32 Å². The molecule has 21 heavy (non-hydrogen) atoms. The van der Waals surface area contributed by atoms with Crippen LogP contribution < -0.4 is 5.32 Å². The van der Waals surface area contributed by atoms with Gasteiger partial charge in [0.05, 0.1) is 16.4 Å². The summed E-state index contributed by atoms with van der Waals surface area (Å²) in [6, 6.07) is 0. The highest BCUT2D eigenvalue weighted by Gasteiger charge is 2.35. The van der Waals surface area contributed by atoms with Gasteiger partial charge in [-0.15, -0.1) is 0 Å². The van der Waals surface area contributed by atoms with Crippen LogP contribution in [0.5, 0.6) is 0 Å². The normalized spacial score (nSPS) is 25.2. The van der Waals surface area contributed by atoms with Crippen molar-refractivity contribution in [1.29, 1.82) is 0 Å². The molecule has 0 saturated heterocycles. The average Bonchev–Trinajstić information content (AvgIpc) is 2.64. The first kappa shape index (κ1) is 16.8. The lowest BCUT2D eigenvalue weighted by Gasteiger charge is -2.41. The molecule has 1 heterocycles. The smallest absolute Gasteiger partial charge is 0.0847 e. The van der Waals surface area contributed by atoms with Crippen molar-refractivity contribution in [2.24, 2.45) is 24.3 Å². The van der Waals surface area contributed by atoms with Gasteiger partial charge in [0, 0.05) is 7.05 Å². The Morgan fingerprint density at radius 2 is 2.10 bits per heavy atom. The Labute approximate surface area is 134 Å². The molecule has 0 spiro atoms. The Balaban J connectivity index is 2.15. The third-order valence-electron chi connectivity index (χ3n) is 5.05. The van der Waals surface area contributed by atoms with Crippen molar-refractivity contribution in [2.75, 3.05) is 13.1 Å². The van der Waals surface area contributed by atoms with Crippen LogP contribution in [0.15, 0.2) is 0 Å². The molecular formula is C17H30ClN3. The van der Waals surface area contributed by atoms with Gasteiger partial charge in [-0.2, -0.15) is 5.10 Å². The molecule has 0 amide bonds. The van der Waals surface area contributed by atoms with Crippen LogP contribution in [0.1, 0.15) is 51.4 Å². The van der Waals surface area contributed by atoms with Crippen molar-refractivity contribution < 1.29 is 0 Å². The van der Waals surface area contributed by atoms with Crippen molar-refractivity contribution in [3.05, 3.63) is 16.4 Å². The first-order chi connectivity index (χ1) is 9.84. The largest absolute Gasteiger partial charge is 0.317 e. The molecule has 0 aromatic carbocycles. The highest BCUT2D eigenvalue weighted by molar-refractivity contribution is 6.31. The van der Waals surface area contributed by atoms with E-state index >= 15 is 0 Å². The van der Waals surface area contributed by atoms with Gasteiger partial charge in [0.25, 0.3) is 0 Å². The second-order valence-corrected chi connectivity index (χ2v) is 7.79. The molecule has 1 aliphatic rings. The summed E-state index contributed by atoms with van der Waals surface area (Å²) in [6.07, 6.45) is 4.98. The van der Waals surface area contributed by atoms with Gasteiger partial charge in [-0.3, -0.25) is 4.68 Å². The predicted molar refractivity (Wildman–Crippen MR) is 89.8 cm³/mol. The molecule has 4 heteroatoms. The van der Waals surface area contributed by atoms with Crippen LogP contribution in [0.25, 0.3) is 0 Å². The number of nitrogens with one attached hydrogen (secondary N) is 1. The fourth-order valence-electron chi connectivity index (χ4n) is 3.78. The van der Waals surface area contributed by atoms with Gasteiger partial charge in [-0.05, 0) is 62.9 Å². The molecule has 1 aromatic rings. The number of hydrogen-bond donors (Lipinski definition) is 1. The molecule has 0 bridgehead atoms. The van der Waals surface area contributed by atoms with Crippen LogP contribution >= 0.6 is 11.6 Å². The molecule has 1 fully saturated rings. The molecule has 1 aliphatic carbocycles. The first-order valence-corrected chi connectivity index (χ1v) is 8.60. The topological polar surface area (TPSA) is 29.9 Å². The van der Waals surface area contributed by atoms with Gasteiger partial charge >= 0.3 is 0 Å². The van der Waals surface area contributed by atoms with E-state index in [1.54, 1.807) is 0 Å². The zero-order valence-electron chi connectivity index (χ0n) is 14.2. The quantitative estimate of drug-likeness (QED) is 0.891. The van der Waals surface area contributed by atoms with E-state index in [0.29, 0.717) is 11.3 Å². The number of aromatic nitrogens is 2. The van der Waals surface area contributed by atoms with Crippen molar-refractivity contribution in [1.82, 2.24) is 15.1 Å². The molecule has 120 valence electrons. The van der Waals surface area contributed by atoms with E-state index in [1.807, 2.05) is 18.7 Å². The zero-order chi connectivity index (χ0) is 15.6. The van der Waals surface area contributed by atoms with Crippen molar-refractivity contribution >= 4 is 11.6 Å². The molecule has 2 unspecified atom stereocenters. The van der Waals surface area contributed by atoms with Gasteiger partial charge in [-0.1, -0.05) is 32.4 Å². The lowest BCUT2D eigenvalue weighted by molar-refractivity contribution is 0.115. The summed E-state index contributed by atoms with van der Waals surface area (Å²) in [5, 5.41) is 8.87. The molecule has 3 nitrogen and oxygen atoms in total. The lowest BCUT2D eigenvalue weighted by Crippen LogP contribution is -2.37. The van der Waals surface area contributed by atoms with Crippen molar-refractivity contribution in [3.8, 4) is 0 Å². The molecule has 2 atom stereocenters. The fourth-order valence-corrected chi connectivity index (χ4v) is 4.02. The van der Waals surface area contributed by atoms with Crippen LogP contribution in [0.3, 0.4) is 0 Å². The predicted octanol–water partition coefficient (Wildman–Crippen LogP) is 3.98. The summed E-state index contributed by atoms with van der Waals surface area (Å²) in [5.41, 5.74) is 2.61. The highest BCUT2D eigenvalue weighted by Crippen LogP contribution is 2.43. The van der Waals surface area contributed by atoms with E-state index in [2.05, 4.69) is 31.2 Å². The maximum Gasteiger partial charge on any atom is 0.0847 e. The second kappa shape index (κ2) is 6.70. The first-order valence-electron chi connectivity index (χ1n) is 8.22. The summed E-state index contributed by atoms with van der Waals surface area (Å²) in [4.78, 5) is 0. The maximum absolute atomic E-state index is 6.46. The second-order valence-electron chi connectivity index (χ2n) is 7.41. The molecular weight excluding hydrogens is 282 g/mol. The van der Waals surface area contributed by atoms with Crippen molar-refractivity contribution in [3.63, 3.8) is 0 Å². The van der Waals surface area contributed by atoms with E-state index in [4.69, 9.17) is 11.6 Å². The Kier molecular flexibility index (Phi) is 5.37. The SMILES string of the molecule is CCNCC1CCC(C)(C)CC1Cc1c(Cl)c(C)nn1C. The summed E-state index contributed by atoms with van der Waals surface area (Å²) in [5.74, 6) is 1.45. The van der Waals surface area contributed by atoms with Gasteiger partial charge in [0.2, 0.25) is 0 Å². The number of aryl methyl sites for hydroxylation is 2. The summed E-state index contributed by atoms with van der Waals surface area (Å²) < 4.78 is 1.98. The molecule has 0 aliphatic heterocycles. The average molecular weight is 312 g/mol. The summed E-state index contributed by atoms with van der Waals surface area (Å²) in [6.45, 7) is 11.2. The van der Waals surface area contributed by atoms with Crippen LogP contribution in [0, 0.1) is 24.2 Å². The summed E-state index contributed by atoms with van der Waals surface area (Å²) in [7, 11) is 2.02. The minimum atomic E-state index is 0.452. The van der Waals surface area contributed by atoms with Crippen molar-refractivity contribution in [2.45, 2.75) is 53.4 Å². The van der Waals surface area contributed by atoms with Gasteiger partial charge in [0.1, 0.15) is 0 Å². The Morgan fingerprint density at radius 3 is 2.67 bits per heavy atom. The standard InChI is InChI=1S/C17H30ClN3/c1-6-19-11-13-7-8-17(3,4)10-14(13)9-15-16(18)12(2)20-21(15)5/h13-14,19H,6-11H2,1-5H3. The van der Waals surface area contributed by atoms with Crippen LogP contribution in [-0.2, 0) is 13.5 Å². The van der Waals surface area contributed by atoms with Crippen LogP contribution in [-0.4, -0.2) is 22.9 Å². The fraction of sp³-hybridized carbons (Fsp3) is 0.824. The zero-order valence-corrected chi connectivity index (χ0v) is 14.9. The van der Waals surface area contributed by atoms with E-state index in [-0.39, 0.29) is 0 Å². The van der Waals surface area contributed by atoms with E-state index in [9.17, 15) is 0 Å². The molecule has 2 rings (SSSR count). The third-order valence-corrected chi connectivity index (χ3v) is 5.54. The Bertz CT molecular complexity index is 479. The summed E-state index contributed by atoms with van der Waals surface area (Å²) >= 11 is 6.46. The number of rotatable bonds is 5.